The summed E-state index contributed by atoms with van der Waals surface area (Å²) in [6.45, 7) is 10.1. The van der Waals surface area contributed by atoms with Crippen molar-refractivity contribution in [3.05, 3.63) is 53.7 Å². The van der Waals surface area contributed by atoms with E-state index in [9.17, 15) is 9.90 Å². The lowest BCUT2D eigenvalue weighted by Gasteiger charge is -2.37. The fraction of sp³-hybridized carbons (Fsp3) is 0.633. The molecule has 0 spiro atoms. The molecule has 2 aliphatic carbocycles. The van der Waals surface area contributed by atoms with E-state index >= 15 is 0 Å². The molecule has 4 aliphatic rings. The van der Waals surface area contributed by atoms with Crippen LogP contribution in [-0.4, -0.2) is 57.1 Å². The molecule has 2 saturated carbocycles. The van der Waals surface area contributed by atoms with Gasteiger partial charge in [-0.05, 0) is 88.7 Å². The zero-order chi connectivity index (χ0) is 25.7. The number of aliphatic hydroxyl groups is 1. The Hall–Kier alpha value is -2.31. The van der Waals surface area contributed by atoms with Crippen molar-refractivity contribution < 1.29 is 19.4 Å². The van der Waals surface area contributed by atoms with Gasteiger partial charge in [-0.15, -0.1) is 0 Å². The van der Waals surface area contributed by atoms with Gasteiger partial charge in [0.25, 0.3) is 0 Å². The molecule has 0 aromatic heterocycles. The molecule has 4 unspecified atom stereocenters. The maximum Gasteiger partial charge on any atom is 0.410 e. The summed E-state index contributed by atoms with van der Waals surface area (Å²) in [4.78, 5) is 17.5. The van der Waals surface area contributed by atoms with Crippen molar-refractivity contribution >= 4 is 11.7 Å². The van der Waals surface area contributed by atoms with Crippen molar-refractivity contribution in [2.24, 2.45) is 5.92 Å². The Labute approximate surface area is 215 Å². The monoisotopic (exact) mass is 494 g/mol. The summed E-state index contributed by atoms with van der Waals surface area (Å²) in [5.41, 5.74) is 1.83. The Morgan fingerprint density at radius 2 is 1.89 bits per heavy atom. The van der Waals surface area contributed by atoms with Gasteiger partial charge in [-0.1, -0.05) is 37.1 Å². The molecule has 2 aliphatic heterocycles. The lowest BCUT2D eigenvalue weighted by atomic mass is 9.86. The van der Waals surface area contributed by atoms with Crippen LogP contribution in [0.3, 0.4) is 0 Å². The van der Waals surface area contributed by atoms with Gasteiger partial charge in [-0.25, -0.2) is 4.79 Å². The molecule has 2 heterocycles. The van der Waals surface area contributed by atoms with Crippen molar-refractivity contribution in [1.82, 2.24) is 9.80 Å². The van der Waals surface area contributed by atoms with Gasteiger partial charge in [0.05, 0.1) is 11.6 Å². The lowest BCUT2D eigenvalue weighted by molar-refractivity contribution is -0.0636. The predicted octanol–water partition coefficient (Wildman–Crippen LogP) is 6.03. The molecule has 0 bridgehead atoms. The molecule has 196 valence electrons. The fourth-order valence-corrected chi connectivity index (χ4v) is 5.82. The number of hydrogen-bond acceptors (Lipinski definition) is 5. The van der Waals surface area contributed by atoms with Gasteiger partial charge in [0.1, 0.15) is 11.7 Å². The van der Waals surface area contributed by atoms with Gasteiger partial charge in [-0.3, -0.25) is 0 Å². The molecule has 1 aromatic carbocycles. The van der Waals surface area contributed by atoms with E-state index in [-0.39, 0.29) is 24.5 Å². The van der Waals surface area contributed by atoms with E-state index in [1.54, 1.807) is 18.7 Å². The van der Waals surface area contributed by atoms with Gasteiger partial charge in [0.2, 0.25) is 0 Å². The second-order valence-corrected chi connectivity index (χ2v) is 12.1. The Balaban J connectivity index is 1.26. The summed E-state index contributed by atoms with van der Waals surface area (Å²) in [6.07, 6.45) is 12.8. The van der Waals surface area contributed by atoms with Crippen LogP contribution in [-0.2, 0) is 9.47 Å². The zero-order valence-corrected chi connectivity index (χ0v) is 22.4. The predicted molar refractivity (Wildman–Crippen MR) is 141 cm³/mol. The molecule has 1 amide bonds. The molecule has 1 N–H and O–H groups in total. The van der Waals surface area contributed by atoms with Gasteiger partial charge >= 0.3 is 6.09 Å². The summed E-state index contributed by atoms with van der Waals surface area (Å²) in [5.74, 6) is 0.588. The molecule has 6 nitrogen and oxygen atoms in total. The Bertz CT molecular complexity index is 1020. The number of carbonyl (C=O) groups is 1. The van der Waals surface area contributed by atoms with Crippen molar-refractivity contribution in [2.45, 2.75) is 109 Å². The number of epoxide rings is 1. The SMILES string of the molecule is CCN(C(=O)OC(C)(CC1CC1)CC(C)(C)O)C(C)c1ccc(C2=CC3OC3N(C3CC3)C=C2)cc1. The highest BCUT2D eigenvalue weighted by Crippen LogP contribution is 2.42. The zero-order valence-electron chi connectivity index (χ0n) is 22.4. The van der Waals surface area contributed by atoms with Crippen LogP contribution >= 0.6 is 0 Å². The molecule has 6 heteroatoms. The average molecular weight is 495 g/mol. The van der Waals surface area contributed by atoms with Gasteiger partial charge in [0, 0.05) is 25.2 Å². The number of ether oxygens (including phenoxy) is 2. The molecular weight excluding hydrogens is 452 g/mol. The van der Waals surface area contributed by atoms with Crippen LogP contribution < -0.4 is 0 Å². The van der Waals surface area contributed by atoms with Gasteiger partial charge in [0.15, 0.2) is 6.23 Å². The maximum absolute atomic E-state index is 13.4. The van der Waals surface area contributed by atoms with E-state index in [1.165, 1.54) is 31.3 Å². The van der Waals surface area contributed by atoms with Gasteiger partial charge in [-0.2, -0.15) is 0 Å². The summed E-state index contributed by atoms with van der Waals surface area (Å²) >= 11 is 0. The molecule has 0 radical (unpaired) electrons. The first-order valence-electron chi connectivity index (χ1n) is 13.7. The number of rotatable bonds is 10. The van der Waals surface area contributed by atoms with E-state index < -0.39 is 11.2 Å². The Morgan fingerprint density at radius 3 is 2.47 bits per heavy atom. The quantitative estimate of drug-likeness (QED) is 0.403. The lowest BCUT2D eigenvalue weighted by Crippen LogP contribution is -2.44. The van der Waals surface area contributed by atoms with Crippen molar-refractivity contribution in [1.29, 1.82) is 0 Å². The second kappa shape index (κ2) is 9.53. The number of amides is 1. The minimum Gasteiger partial charge on any atom is -0.443 e. The second-order valence-electron chi connectivity index (χ2n) is 12.1. The topological polar surface area (TPSA) is 65.5 Å². The number of nitrogens with zero attached hydrogens (tertiary/aromatic N) is 2. The molecule has 5 rings (SSSR count). The van der Waals surface area contributed by atoms with E-state index in [2.05, 4.69) is 54.4 Å². The third kappa shape index (κ3) is 5.97. The summed E-state index contributed by atoms with van der Waals surface area (Å²) in [5, 5.41) is 10.5. The average Bonchev–Trinajstić information content (AvgIpc) is 3.63. The molecule has 1 saturated heterocycles. The van der Waals surface area contributed by atoms with E-state index in [0.717, 1.165) is 17.5 Å². The Morgan fingerprint density at radius 1 is 1.19 bits per heavy atom. The van der Waals surface area contributed by atoms with Crippen LogP contribution in [0.1, 0.15) is 90.3 Å². The molecule has 3 fully saturated rings. The van der Waals surface area contributed by atoms with E-state index in [4.69, 9.17) is 9.47 Å². The summed E-state index contributed by atoms with van der Waals surface area (Å²) in [6, 6.07) is 9.01. The molecule has 1 aromatic rings. The standard InChI is InChI=1S/C30H42N2O4/c1-6-31(28(33)36-30(5,18-21-7-8-21)19-29(3,4)34)20(2)22-9-11-23(12-10-22)24-15-16-32(25-13-14-25)27-26(17-24)35-27/h9-12,15-17,20-21,25-27,34H,6-8,13-14,18-19H2,1-5H3. The highest BCUT2D eigenvalue weighted by Gasteiger charge is 2.47. The Kier molecular flexibility index (Phi) is 6.71. The van der Waals surface area contributed by atoms with Crippen LogP contribution in [0.15, 0.2) is 42.6 Å². The van der Waals surface area contributed by atoms with Gasteiger partial charge < -0.3 is 24.4 Å². The van der Waals surface area contributed by atoms with Crippen molar-refractivity contribution in [2.75, 3.05) is 6.54 Å². The first kappa shape index (κ1) is 25.3. The van der Waals surface area contributed by atoms with Crippen LogP contribution in [0, 0.1) is 5.92 Å². The molecular formula is C30H42N2O4. The van der Waals surface area contributed by atoms with Crippen LogP contribution in [0.4, 0.5) is 4.79 Å². The minimum absolute atomic E-state index is 0.121. The van der Waals surface area contributed by atoms with Crippen LogP contribution in [0.2, 0.25) is 0 Å². The largest absolute Gasteiger partial charge is 0.443 e. The number of allylic oxidation sites excluding steroid dienone is 2. The third-order valence-electron chi connectivity index (χ3n) is 7.86. The minimum atomic E-state index is -0.898. The summed E-state index contributed by atoms with van der Waals surface area (Å²) in [7, 11) is 0. The molecule has 4 atom stereocenters. The molecule has 36 heavy (non-hydrogen) atoms. The smallest absolute Gasteiger partial charge is 0.410 e. The van der Waals surface area contributed by atoms with E-state index in [1.807, 2.05) is 13.8 Å². The number of hydrogen-bond donors (Lipinski definition) is 1. The number of fused-ring (bicyclic) bond motifs is 1. The fourth-order valence-electron chi connectivity index (χ4n) is 5.82. The van der Waals surface area contributed by atoms with E-state index in [0.29, 0.717) is 24.9 Å². The highest BCUT2D eigenvalue weighted by atomic mass is 16.6. The number of carbonyl (C=O) groups excluding carboxylic acids is 1. The van der Waals surface area contributed by atoms with Crippen LogP contribution in [0.25, 0.3) is 5.57 Å². The normalized spacial score (nSPS) is 25.8. The van der Waals surface area contributed by atoms with Crippen molar-refractivity contribution in [3.63, 3.8) is 0 Å². The highest BCUT2D eigenvalue weighted by molar-refractivity contribution is 5.75. The number of benzene rings is 1. The first-order chi connectivity index (χ1) is 17.0. The van der Waals surface area contributed by atoms with Crippen molar-refractivity contribution in [3.8, 4) is 0 Å². The maximum atomic E-state index is 13.4. The summed E-state index contributed by atoms with van der Waals surface area (Å²) < 4.78 is 12.0. The third-order valence-corrected chi connectivity index (χ3v) is 7.86. The first-order valence-corrected chi connectivity index (χ1v) is 13.7. The van der Waals surface area contributed by atoms with Crippen LogP contribution in [0.5, 0.6) is 0 Å².